The number of nitrogens with two attached hydrogens (primary N) is 1. The van der Waals surface area contributed by atoms with Gasteiger partial charge in [-0.05, 0) is 83.8 Å². The minimum absolute atomic E-state index is 0.00992. The Bertz CT molecular complexity index is 1820. The van der Waals surface area contributed by atoms with Crippen molar-refractivity contribution < 1.29 is 17.9 Å². The maximum Gasteiger partial charge on any atom is 0.264 e. The van der Waals surface area contributed by atoms with Crippen LogP contribution in [0.5, 0.6) is 11.5 Å². The molecule has 1 saturated heterocycles. The van der Waals surface area contributed by atoms with Crippen LogP contribution in [-0.4, -0.2) is 62.9 Å². The fraction of sp³-hybridized carbons (Fsp3) is 0.278. The Morgan fingerprint density at radius 1 is 0.851 bits per heavy atom. The highest BCUT2D eigenvalue weighted by molar-refractivity contribution is 7.92. The van der Waals surface area contributed by atoms with E-state index in [-0.39, 0.29) is 23.5 Å². The molecular weight excluding hydrogens is 613 g/mol. The van der Waals surface area contributed by atoms with Crippen molar-refractivity contribution in [3.63, 3.8) is 0 Å². The summed E-state index contributed by atoms with van der Waals surface area (Å²) in [7, 11) is -2.32. The van der Waals surface area contributed by atoms with Crippen molar-refractivity contribution in [3.05, 3.63) is 119 Å². The van der Waals surface area contributed by atoms with Crippen molar-refractivity contribution >= 4 is 27.5 Å². The van der Waals surface area contributed by atoms with Gasteiger partial charge in [0.15, 0.2) is 5.96 Å². The monoisotopic (exact) mass is 652 g/mol. The maximum atomic E-state index is 14.2. The van der Waals surface area contributed by atoms with Crippen LogP contribution >= 0.6 is 0 Å². The lowest BCUT2D eigenvalue weighted by Crippen LogP contribution is -2.41. The van der Waals surface area contributed by atoms with E-state index in [4.69, 9.17) is 26.0 Å². The first-order chi connectivity index (χ1) is 22.7. The first kappa shape index (κ1) is 31.9. The average Bonchev–Trinajstić information content (AvgIpc) is 3.11. The van der Waals surface area contributed by atoms with Crippen molar-refractivity contribution in [3.8, 4) is 11.5 Å². The Labute approximate surface area is 276 Å². The van der Waals surface area contributed by atoms with Crippen molar-refractivity contribution in [2.45, 2.75) is 43.4 Å². The average molecular weight is 653 g/mol. The Balaban J connectivity index is 1.15. The number of guanidine groups is 1. The van der Waals surface area contributed by atoms with E-state index in [2.05, 4.69) is 4.90 Å². The molecule has 0 unspecified atom stereocenters. The van der Waals surface area contributed by atoms with Gasteiger partial charge < -0.3 is 25.0 Å². The highest BCUT2D eigenvalue weighted by atomic mass is 32.2. The van der Waals surface area contributed by atoms with Crippen LogP contribution < -0.4 is 19.5 Å². The molecule has 0 amide bonds. The van der Waals surface area contributed by atoms with Gasteiger partial charge in [0.2, 0.25) is 0 Å². The molecule has 2 aliphatic heterocycles. The van der Waals surface area contributed by atoms with Gasteiger partial charge in [-0.3, -0.25) is 15.1 Å². The molecule has 2 heterocycles. The van der Waals surface area contributed by atoms with Crippen LogP contribution in [0.4, 0.5) is 5.69 Å². The van der Waals surface area contributed by atoms with E-state index >= 15 is 0 Å². The number of nitrogens with one attached hydrogen (secondary N) is 2. The van der Waals surface area contributed by atoms with Crippen LogP contribution in [-0.2, 0) is 29.5 Å². The van der Waals surface area contributed by atoms with Gasteiger partial charge in [-0.25, -0.2) is 8.42 Å². The molecule has 4 aromatic rings. The van der Waals surface area contributed by atoms with Crippen LogP contribution in [0.25, 0.3) is 0 Å². The Hall–Kier alpha value is -5.03. The SMILES string of the molecule is COc1ccc(C(=N)N2CCC(Oc3ccc(S(=O)(=O)N(Cc4ccccc4)c4ccc5c(c4)CN(C(=N)N)CC5)cc3)CC2)cc1. The highest BCUT2D eigenvalue weighted by Gasteiger charge is 2.28. The standard InChI is InChI=1S/C36H40N6O4S/c1-45-31-11-8-28(9-12-31)35(37)40-21-18-33(19-22-40)46-32-13-15-34(16-14-32)47(43,44)42(24-26-5-3-2-4-6-26)30-10-7-27-17-20-41(36(38)39)25-29(27)23-30/h2-16,23,33,37H,17-22,24-25H2,1H3,(H3,38,39). The summed E-state index contributed by atoms with van der Waals surface area (Å²) in [4.78, 5) is 4.01. The zero-order valence-corrected chi connectivity index (χ0v) is 27.2. The Kier molecular flexibility index (Phi) is 9.35. The van der Waals surface area contributed by atoms with E-state index in [1.807, 2.05) is 72.8 Å². The molecule has 0 saturated carbocycles. The van der Waals surface area contributed by atoms with E-state index in [1.165, 1.54) is 4.31 Å². The summed E-state index contributed by atoms with van der Waals surface area (Å²) in [6, 6.07) is 29.5. The lowest BCUT2D eigenvalue weighted by molar-refractivity contribution is 0.131. The molecule has 2 aliphatic rings. The Morgan fingerprint density at radius 3 is 2.19 bits per heavy atom. The predicted octanol–water partition coefficient (Wildman–Crippen LogP) is 5.21. The minimum atomic E-state index is -3.95. The quantitative estimate of drug-likeness (QED) is 0.167. The summed E-state index contributed by atoms with van der Waals surface area (Å²) in [6.45, 7) is 2.68. The molecule has 0 spiro atoms. The van der Waals surface area contributed by atoms with Gasteiger partial charge in [0, 0.05) is 44.6 Å². The highest BCUT2D eigenvalue weighted by Crippen LogP contribution is 2.31. The molecule has 0 atom stereocenters. The Morgan fingerprint density at radius 2 is 1.53 bits per heavy atom. The number of hydrogen-bond acceptors (Lipinski definition) is 6. The van der Waals surface area contributed by atoms with Gasteiger partial charge in [-0.2, -0.15) is 0 Å². The van der Waals surface area contributed by atoms with E-state index in [1.54, 1.807) is 36.3 Å². The van der Waals surface area contributed by atoms with Crippen molar-refractivity contribution in [1.82, 2.24) is 9.80 Å². The van der Waals surface area contributed by atoms with E-state index < -0.39 is 10.0 Å². The number of sulfonamides is 1. The number of piperidine rings is 1. The van der Waals surface area contributed by atoms with Crippen molar-refractivity contribution in [1.29, 1.82) is 10.8 Å². The zero-order valence-electron chi connectivity index (χ0n) is 26.4. The number of hydrogen-bond donors (Lipinski definition) is 3. The third-order valence-electron chi connectivity index (χ3n) is 8.84. The van der Waals surface area contributed by atoms with E-state index in [0.29, 0.717) is 43.5 Å². The second-order valence-electron chi connectivity index (χ2n) is 11.9. The minimum Gasteiger partial charge on any atom is -0.497 e. The van der Waals surface area contributed by atoms with Crippen LogP contribution in [0.3, 0.4) is 0 Å². The molecule has 6 rings (SSSR count). The third kappa shape index (κ3) is 7.20. The lowest BCUT2D eigenvalue weighted by Gasteiger charge is -2.34. The number of likely N-dealkylation sites (tertiary alicyclic amines) is 1. The summed E-state index contributed by atoms with van der Waals surface area (Å²) in [5, 5.41) is 16.5. The first-order valence-corrected chi connectivity index (χ1v) is 17.2. The molecule has 10 nitrogen and oxygen atoms in total. The van der Waals surface area contributed by atoms with Crippen LogP contribution in [0.15, 0.2) is 102 Å². The number of amidine groups is 1. The molecule has 0 radical (unpaired) electrons. The predicted molar refractivity (Wildman–Crippen MR) is 184 cm³/mol. The molecule has 4 N–H and O–H groups in total. The summed E-state index contributed by atoms with van der Waals surface area (Å²) < 4.78 is 41.4. The fourth-order valence-corrected chi connectivity index (χ4v) is 7.55. The van der Waals surface area contributed by atoms with Crippen molar-refractivity contribution in [2.24, 2.45) is 5.73 Å². The number of methoxy groups -OCH3 is 1. The number of ether oxygens (including phenoxy) is 2. The summed E-state index contributed by atoms with van der Waals surface area (Å²) in [6.07, 6.45) is 2.22. The van der Waals surface area contributed by atoms with Gasteiger partial charge >= 0.3 is 0 Å². The summed E-state index contributed by atoms with van der Waals surface area (Å²) in [5.41, 5.74) is 10.1. The lowest BCUT2D eigenvalue weighted by atomic mass is 9.99. The van der Waals surface area contributed by atoms with Crippen LogP contribution in [0.1, 0.15) is 35.1 Å². The molecule has 1 fully saturated rings. The number of nitrogens with zero attached hydrogens (tertiary/aromatic N) is 3. The fourth-order valence-electron chi connectivity index (χ4n) is 6.11. The van der Waals surface area contributed by atoms with Crippen LogP contribution in [0.2, 0.25) is 0 Å². The summed E-state index contributed by atoms with van der Waals surface area (Å²) >= 11 is 0. The van der Waals surface area contributed by atoms with E-state index in [0.717, 1.165) is 47.3 Å². The zero-order chi connectivity index (χ0) is 33.0. The molecular formula is C36H40N6O4S. The van der Waals surface area contributed by atoms with Gasteiger partial charge in [0.05, 0.1) is 24.2 Å². The van der Waals surface area contributed by atoms with Crippen LogP contribution in [0, 0.1) is 10.8 Å². The van der Waals surface area contributed by atoms with Gasteiger partial charge in [-0.15, -0.1) is 0 Å². The maximum absolute atomic E-state index is 14.2. The molecule has 0 aromatic heterocycles. The van der Waals surface area contributed by atoms with Crippen molar-refractivity contribution in [2.75, 3.05) is 31.0 Å². The molecule has 47 heavy (non-hydrogen) atoms. The molecule has 0 bridgehead atoms. The largest absolute Gasteiger partial charge is 0.497 e. The van der Waals surface area contributed by atoms with Gasteiger partial charge in [-0.1, -0.05) is 36.4 Å². The number of benzene rings is 4. The third-order valence-corrected chi connectivity index (χ3v) is 10.6. The second-order valence-corrected chi connectivity index (χ2v) is 13.7. The van der Waals surface area contributed by atoms with Gasteiger partial charge in [0.1, 0.15) is 23.4 Å². The molecule has 244 valence electrons. The summed E-state index contributed by atoms with van der Waals surface area (Å²) in [5.74, 6) is 1.86. The molecule has 11 heteroatoms. The second kappa shape index (κ2) is 13.8. The van der Waals surface area contributed by atoms with E-state index in [9.17, 15) is 8.42 Å². The molecule has 0 aliphatic carbocycles. The smallest absolute Gasteiger partial charge is 0.264 e. The number of anilines is 1. The number of rotatable bonds is 9. The topological polar surface area (TPSA) is 136 Å². The normalized spacial score (nSPS) is 15.1. The molecule has 4 aromatic carbocycles. The first-order valence-electron chi connectivity index (χ1n) is 15.7. The van der Waals surface area contributed by atoms with Gasteiger partial charge in [0.25, 0.3) is 10.0 Å². The number of fused-ring (bicyclic) bond motifs is 1.